The summed E-state index contributed by atoms with van der Waals surface area (Å²) >= 11 is 0. The molecule has 1 aliphatic rings. The Bertz CT molecular complexity index is 395. The number of anilines is 1. The van der Waals surface area contributed by atoms with Crippen LogP contribution in [0.3, 0.4) is 0 Å². The summed E-state index contributed by atoms with van der Waals surface area (Å²) in [5.74, 6) is 0.896. The van der Waals surface area contributed by atoms with Crippen LogP contribution in [0.15, 0.2) is 12.4 Å². The fourth-order valence-corrected chi connectivity index (χ4v) is 2.18. The van der Waals surface area contributed by atoms with Crippen molar-refractivity contribution in [3.05, 3.63) is 18.1 Å². The highest BCUT2D eigenvalue weighted by Gasteiger charge is 2.33. The Morgan fingerprint density at radius 1 is 1.53 bits per heavy atom. The third-order valence-corrected chi connectivity index (χ3v) is 2.80. The minimum Gasteiger partial charge on any atom is -0.394 e. The number of aromatic nitrogens is 2. The molecule has 1 fully saturated rings. The molecule has 94 valence electrons. The molecule has 2 rings (SSSR count). The zero-order valence-corrected chi connectivity index (χ0v) is 10.6. The third-order valence-electron chi connectivity index (χ3n) is 2.80. The molecule has 0 aromatic carbocycles. The molecule has 1 unspecified atom stereocenters. The molecule has 0 amide bonds. The van der Waals surface area contributed by atoms with E-state index in [2.05, 4.69) is 14.9 Å². The van der Waals surface area contributed by atoms with Crippen molar-refractivity contribution in [2.24, 2.45) is 0 Å². The molecule has 1 saturated heterocycles. The van der Waals surface area contributed by atoms with Crippen molar-refractivity contribution in [2.45, 2.75) is 32.5 Å². The van der Waals surface area contributed by atoms with Gasteiger partial charge in [-0.1, -0.05) is 0 Å². The van der Waals surface area contributed by atoms with E-state index < -0.39 is 0 Å². The number of aliphatic hydroxyl groups is 1. The summed E-state index contributed by atoms with van der Waals surface area (Å²) in [6.45, 7) is 7.45. The number of hydrogen-bond acceptors (Lipinski definition) is 5. The molecule has 1 aromatic heterocycles. The van der Waals surface area contributed by atoms with E-state index in [1.807, 2.05) is 26.8 Å². The first-order valence-electron chi connectivity index (χ1n) is 5.82. The van der Waals surface area contributed by atoms with Gasteiger partial charge in [0.2, 0.25) is 0 Å². The van der Waals surface area contributed by atoms with Crippen LogP contribution in [-0.4, -0.2) is 46.5 Å². The standard InChI is InChI=1S/C12H19N3O2/c1-9-4-11(14-8-13-9)15-5-10(6-16)17-12(2,3)7-15/h4,8,10,16H,5-7H2,1-3H3. The van der Waals surface area contributed by atoms with Crippen molar-refractivity contribution >= 4 is 5.82 Å². The molecule has 0 radical (unpaired) electrons. The normalized spacial score (nSPS) is 23.8. The molecule has 2 heterocycles. The Morgan fingerprint density at radius 2 is 2.29 bits per heavy atom. The van der Waals surface area contributed by atoms with Gasteiger partial charge >= 0.3 is 0 Å². The Kier molecular flexibility index (Phi) is 3.31. The SMILES string of the molecule is Cc1cc(N2CC(CO)OC(C)(C)C2)ncn1. The lowest BCUT2D eigenvalue weighted by molar-refractivity contribution is -0.101. The molecule has 0 saturated carbocycles. The molecule has 0 aliphatic carbocycles. The van der Waals surface area contributed by atoms with Crippen LogP contribution in [0.4, 0.5) is 5.82 Å². The second kappa shape index (κ2) is 4.58. The second-order valence-corrected chi connectivity index (χ2v) is 5.08. The number of aryl methyl sites for hydroxylation is 1. The number of morpholine rings is 1. The van der Waals surface area contributed by atoms with Crippen molar-refractivity contribution in [3.8, 4) is 0 Å². The fraction of sp³-hybridized carbons (Fsp3) is 0.667. The summed E-state index contributed by atoms with van der Waals surface area (Å²) in [7, 11) is 0. The molecule has 0 spiro atoms. The van der Waals surface area contributed by atoms with E-state index in [4.69, 9.17) is 4.74 Å². The monoisotopic (exact) mass is 237 g/mol. The summed E-state index contributed by atoms with van der Waals surface area (Å²) in [6.07, 6.45) is 1.41. The van der Waals surface area contributed by atoms with Gasteiger partial charge in [0, 0.05) is 24.8 Å². The van der Waals surface area contributed by atoms with Crippen LogP contribution >= 0.6 is 0 Å². The van der Waals surface area contributed by atoms with Crippen LogP contribution in [0.25, 0.3) is 0 Å². The van der Waals surface area contributed by atoms with Crippen molar-refractivity contribution in [1.82, 2.24) is 9.97 Å². The van der Waals surface area contributed by atoms with E-state index in [1.54, 1.807) is 6.33 Å². The van der Waals surface area contributed by atoms with E-state index in [9.17, 15) is 5.11 Å². The summed E-state index contributed by atoms with van der Waals surface area (Å²) in [4.78, 5) is 10.5. The highest BCUT2D eigenvalue weighted by Crippen LogP contribution is 2.24. The third kappa shape index (κ3) is 2.92. The minimum absolute atomic E-state index is 0.0317. The van der Waals surface area contributed by atoms with Gasteiger partial charge < -0.3 is 14.7 Å². The number of aliphatic hydroxyl groups excluding tert-OH is 1. The molecule has 1 aromatic rings. The van der Waals surface area contributed by atoms with Crippen molar-refractivity contribution in [2.75, 3.05) is 24.6 Å². The quantitative estimate of drug-likeness (QED) is 0.823. The molecule has 5 heteroatoms. The van der Waals surface area contributed by atoms with Crippen LogP contribution in [-0.2, 0) is 4.74 Å². The first kappa shape index (κ1) is 12.3. The number of hydrogen-bond donors (Lipinski definition) is 1. The van der Waals surface area contributed by atoms with Crippen LogP contribution < -0.4 is 4.90 Å². The minimum atomic E-state index is -0.273. The van der Waals surface area contributed by atoms with Gasteiger partial charge in [-0.25, -0.2) is 9.97 Å². The Morgan fingerprint density at radius 3 is 2.94 bits per heavy atom. The van der Waals surface area contributed by atoms with E-state index in [0.717, 1.165) is 18.1 Å². The van der Waals surface area contributed by atoms with Gasteiger partial charge in [0.1, 0.15) is 12.1 Å². The summed E-state index contributed by atoms with van der Waals surface area (Å²) in [5, 5.41) is 9.26. The molecule has 1 aliphatic heterocycles. The average molecular weight is 237 g/mol. The molecular formula is C12H19N3O2. The van der Waals surface area contributed by atoms with E-state index in [1.165, 1.54) is 0 Å². The smallest absolute Gasteiger partial charge is 0.132 e. The Hall–Kier alpha value is -1.20. The van der Waals surface area contributed by atoms with Gasteiger partial charge in [0.15, 0.2) is 0 Å². The molecule has 17 heavy (non-hydrogen) atoms. The van der Waals surface area contributed by atoms with E-state index >= 15 is 0 Å². The van der Waals surface area contributed by atoms with Gasteiger partial charge in [-0.2, -0.15) is 0 Å². The van der Waals surface area contributed by atoms with E-state index in [-0.39, 0.29) is 18.3 Å². The van der Waals surface area contributed by atoms with Crippen LogP contribution in [0.1, 0.15) is 19.5 Å². The van der Waals surface area contributed by atoms with Gasteiger partial charge in [-0.15, -0.1) is 0 Å². The number of nitrogens with zero attached hydrogens (tertiary/aromatic N) is 3. The number of ether oxygens (including phenoxy) is 1. The van der Waals surface area contributed by atoms with Crippen LogP contribution in [0.5, 0.6) is 0 Å². The van der Waals surface area contributed by atoms with Crippen LogP contribution in [0.2, 0.25) is 0 Å². The summed E-state index contributed by atoms with van der Waals surface area (Å²) in [6, 6.07) is 1.95. The molecule has 1 N–H and O–H groups in total. The van der Waals surface area contributed by atoms with Gasteiger partial charge in [-0.05, 0) is 20.8 Å². The largest absolute Gasteiger partial charge is 0.394 e. The second-order valence-electron chi connectivity index (χ2n) is 5.08. The number of rotatable bonds is 2. The highest BCUT2D eigenvalue weighted by molar-refractivity contribution is 5.40. The van der Waals surface area contributed by atoms with Crippen LogP contribution in [0, 0.1) is 6.92 Å². The molecular weight excluding hydrogens is 218 g/mol. The average Bonchev–Trinajstić information content (AvgIpc) is 2.27. The Labute approximate surface area is 101 Å². The van der Waals surface area contributed by atoms with Gasteiger partial charge in [0.25, 0.3) is 0 Å². The maximum atomic E-state index is 9.26. The Balaban J connectivity index is 2.20. The summed E-state index contributed by atoms with van der Waals surface area (Å²) < 4.78 is 5.77. The maximum absolute atomic E-state index is 9.26. The van der Waals surface area contributed by atoms with Gasteiger partial charge in [0.05, 0.1) is 18.3 Å². The molecule has 0 bridgehead atoms. The lowest BCUT2D eigenvalue weighted by Crippen LogP contribution is -2.54. The molecule has 5 nitrogen and oxygen atoms in total. The highest BCUT2D eigenvalue weighted by atomic mass is 16.5. The predicted octanol–water partition coefficient (Wildman–Crippen LogP) is 0.761. The lowest BCUT2D eigenvalue weighted by atomic mass is 10.1. The van der Waals surface area contributed by atoms with Crippen molar-refractivity contribution < 1.29 is 9.84 Å². The fourth-order valence-electron chi connectivity index (χ4n) is 2.18. The van der Waals surface area contributed by atoms with Crippen molar-refractivity contribution in [3.63, 3.8) is 0 Å². The summed E-state index contributed by atoms with van der Waals surface area (Å²) in [5.41, 5.74) is 0.671. The van der Waals surface area contributed by atoms with E-state index in [0.29, 0.717) is 6.54 Å². The topological polar surface area (TPSA) is 58.5 Å². The van der Waals surface area contributed by atoms with Crippen molar-refractivity contribution in [1.29, 1.82) is 0 Å². The van der Waals surface area contributed by atoms with Gasteiger partial charge in [-0.3, -0.25) is 0 Å². The first-order valence-corrected chi connectivity index (χ1v) is 5.82. The predicted molar refractivity (Wildman–Crippen MR) is 65.0 cm³/mol. The maximum Gasteiger partial charge on any atom is 0.132 e. The molecule has 1 atom stereocenters. The first-order chi connectivity index (χ1) is 8.00. The zero-order valence-electron chi connectivity index (χ0n) is 10.6. The lowest BCUT2D eigenvalue weighted by Gasteiger charge is -2.42. The zero-order chi connectivity index (χ0) is 12.5.